The van der Waals surface area contributed by atoms with E-state index in [9.17, 15) is 18.0 Å². The van der Waals surface area contributed by atoms with Gasteiger partial charge in [-0.25, -0.2) is 18.0 Å². The van der Waals surface area contributed by atoms with Crippen molar-refractivity contribution in [2.45, 2.75) is 22.8 Å². The van der Waals surface area contributed by atoms with E-state index in [0.717, 1.165) is 5.56 Å². The largest absolute Gasteiger partial charge is 0.465 e. The van der Waals surface area contributed by atoms with Gasteiger partial charge < -0.3 is 25.4 Å². The topological polar surface area (TPSA) is 188 Å². The first-order valence-corrected chi connectivity index (χ1v) is 17.6. The van der Waals surface area contributed by atoms with Gasteiger partial charge in [0.25, 0.3) is 10.9 Å². The predicted octanol–water partition coefficient (Wildman–Crippen LogP) is 6.31. The van der Waals surface area contributed by atoms with E-state index < -0.39 is 20.8 Å². The number of hydrogen-bond donors (Lipinski definition) is 3. The highest BCUT2D eigenvalue weighted by atomic mass is 35.5. The fourth-order valence-corrected chi connectivity index (χ4v) is 6.22. The lowest BCUT2D eigenvalue weighted by molar-refractivity contribution is -0.142. The molecule has 16 heteroatoms. The molecule has 6 rings (SSSR count). The van der Waals surface area contributed by atoms with E-state index in [1.165, 1.54) is 18.3 Å². The molecule has 264 valence electrons. The van der Waals surface area contributed by atoms with Crippen molar-refractivity contribution >= 4 is 56.5 Å². The van der Waals surface area contributed by atoms with Gasteiger partial charge in [0.05, 0.1) is 35.4 Å². The number of esters is 1. The van der Waals surface area contributed by atoms with Gasteiger partial charge in [-0.15, -0.1) is 0 Å². The number of aromatic nitrogens is 4. The van der Waals surface area contributed by atoms with Crippen LogP contribution in [0, 0.1) is 0 Å². The maximum absolute atomic E-state index is 12.9. The van der Waals surface area contributed by atoms with E-state index in [1.54, 1.807) is 98.0 Å². The van der Waals surface area contributed by atoms with E-state index in [-0.39, 0.29) is 40.7 Å². The summed E-state index contributed by atoms with van der Waals surface area (Å²) in [7, 11) is -2.45. The van der Waals surface area contributed by atoms with Gasteiger partial charge in [0, 0.05) is 19.2 Å². The van der Waals surface area contributed by atoms with Crippen molar-refractivity contribution in [2.75, 3.05) is 24.3 Å². The number of ether oxygens (including phenoxy) is 2. The lowest BCUT2D eigenvalue weighted by atomic mass is 10.1. The Morgan fingerprint density at radius 2 is 1.63 bits per heavy atom. The van der Waals surface area contributed by atoms with Crippen molar-refractivity contribution in [3.05, 3.63) is 131 Å². The maximum Gasteiger partial charge on any atom is 0.310 e. The second-order valence-corrected chi connectivity index (χ2v) is 13.3. The first-order chi connectivity index (χ1) is 25.2. The van der Waals surface area contributed by atoms with Crippen molar-refractivity contribution in [3.8, 4) is 11.6 Å². The summed E-state index contributed by atoms with van der Waals surface area (Å²) in [4.78, 5) is 33.7. The Labute approximate surface area is 303 Å². The van der Waals surface area contributed by atoms with Crippen LogP contribution < -0.4 is 20.7 Å². The molecule has 0 atom stereocenters. The number of anilines is 4. The minimum absolute atomic E-state index is 0.0312. The van der Waals surface area contributed by atoms with E-state index in [1.807, 2.05) is 0 Å². The van der Waals surface area contributed by atoms with Crippen LogP contribution in [0.25, 0.3) is 0 Å². The summed E-state index contributed by atoms with van der Waals surface area (Å²) in [6.45, 7) is 0.140. The second-order valence-electron chi connectivity index (χ2n) is 11.0. The first-order valence-electron chi connectivity index (χ1n) is 15.7. The summed E-state index contributed by atoms with van der Waals surface area (Å²) in [5.41, 5.74) is 3.15. The van der Waals surface area contributed by atoms with Crippen molar-refractivity contribution in [3.63, 3.8) is 0 Å². The van der Waals surface area contributed by atoms with Gasteiger partial charge in [0.2, 0.25) is 15.8 Å². The summed E-state index contributed by atoms with van der Waals surface area (Å²) < 4.78 is 41.7. The van der Waals surface area contributed by atoms with Crippen LogP contribution in [-0.2, 0) is 32.2 Å². The minimum Gasteiger partial charge on any atom is -0.465 e. The lowest BCUT2D eigenvalue weighted by Crippen LogP contribution is -2.19. The fraction of sp³-hybridized carbons (Fsp3) is 0.111. The molecule has 0 aliphatic heterocycles. The zero-order valence-electron chi connectivity index (χ0n) is 27.4. The third kappa shape index (κ3) is 8.69. The molecular formula is C36H30ClN7O7S. The van der Waals surface area contributed by atoms with Crippen LogP contribution in [0.4, 0.5) is 23.1 Å². The second kappa shape index (κ2) is 16.1. The average molecular weight is 740 g/mol. The molecule has 0 saturated carbocycles. The van der Waals surface area contributed by atoms with Gasteiger partial charge in [-0.05, 0) is 70.0 Å². The summed E-state index contributed by atoms with van der Waals surface area (Å²) in [6, 6.07) is 28.7. The molecule has 1 amide bonds. The normalized spacial score (nSPS) is 11.0. The van der Waals surface area contributed by atoms with Crippen molar-refractivity contribution in [1.29, 1.82) is 0 Å². The Kier molecular flexibility index (Phi) is 11.0. The molecule has 0 aliphatic rings. The number of rotatable bonds is 14. The minimum atomic E-state index is -4.00. The predicted molar refractivity (Wildman–Crippen MR) is 191 cm³/mol. The number of carbonyl (C=O) groups is 2. The third-order valence-electron chi connectivity index (χ3n) is 7.46. The van der Waals surface area contributed by atoms with Crippen molar-refractivity contribution < 1.29 is 32.1 Å². The van der Waals surface area contributed by atoms with Gasteiger partial charge in [-0.3, -0.25) is 9.59 Å². The Hall–Kier alpha value is -6.32. The SMILES string of the molecule is CNC(=O)c1ccccc1Nc1nc(Nc2cccc(CC(=O)OCCc3ccc(Oc4nonc4S(=O)(=O)c4ccccc4)cc3)c2)ncc1Cl. The number of para-hydroxylation sites is 1. The van der Waals surface area contributed by atoms with Crippen LogP contribution in [0.3, 0.4) is 0 Å². The lowest BCUT2D eigenvalue weighted by Gasteiger charge is -2.13. The third-order valence-corrected chi connectivity index (χ3v) is 9.39. The number of carbonyl (C=O) groups excluding carboxylic acids is 2. The number of nitrogens with one attached hydrogen (secondary N) is 3. The molecule has 0 radical (unpaired) electrons. The molecule has 0 fully saturated rings. The molecule has 0 saturated heterocycles. The monoisotopic (exact) mass is 739 g/mol. The molecule has 3 N–H and O–H groups in total. The van der Waals surface area contributed by atoms with Crippen LogP contribution in [0.1, 0.15) is 21.5 Å². The van der Waals surface area contributed by atoms with Crippen LogP contribution in [-0.4, -0.2) is 54.2 Å². The highest BCUT2D eigenvalue weighted by molar-refractivity contribution is 7.91. The van der Waals surface area contributed by atoms with Gasteiger partial charge in [0.15, 0.2) is 5.82 Å². The molecule has 0 aliphatic carbocycles. The summed E-state index contributed by atoms with van der Waals surface area (Å²) in [5.74, 6) is -0.0961. The average Bonchev–Trinajstić information content (AvgIpc) is 3.63. The number of hydrogen-bond acceptors (Lipinski definition) is 13. The number of sulfone groups is 1. The zero-order chi connectivity index (χ0) is 36.5. The fourth-order valence-electron chi connectivity index (χ4n) is 4.90. The molecule has 52 heavy (non-hydrogen) atoms. The molecule has 2 aromatic heterocycles. The quantitative estimate of drug-likeness (QED) is 0.106. The molecule has 4 aromatic carbocycles. The van der Waals surface area contributed by atoms with Gasteiger partial charge in [-0.2, -0.15) is 4.98 Å². The molecule has 0 bridgehead atoms. The van der Waals surface area contributed by atoms with Gasteiger partial charge >= 0.3 is 11.8 Å². The highest BCUT2D eigenvalue weighted by Gasteiger charge is 2.28. The Morgan fingerprint density at radius 1 is 0.865 bits per heavy atom. The van der Waals surface area contributed by atoms with Gasteiger partial charge in [-0.1, -0.05) is 66.2 Å². The van der Waals surface area contributed by atoms with Gasteiger partial charge in [0.1, 0.15) is 10.8 Å². The molecule has 6 aromatic rings. The molecule has 2 heterocycles. The van der Waals surface area contributed by atoms with E-state index >= 15 is 0 Å². The number of nitrogens with zero attached hydrogens (tertiary/aromatic N) is 4. The molecule has 0 unspecified atom stereocenters. The maximum atomic E-state index is 12.9. The Morgan fingerprint density at radius 3 is 2.42 bits per heavy atom. The standard InChI is InChI=1S/C36H30ClN7O7S/c1-38-33(46)28-12-5-6-13-30(28)41-32-29(37)22-39-36(42-32)40-25-9-7-8-24(20-25)21-31(45)49-19-18-23-14-16-26(17-15-23)50-34-35(44-51-43-34)52(47,48)27-10-3-2-4-11-27/h2-17,20,22H,18-19,21H2,1H3,(H,38,46)(H2,39,40,41,42). The Bertz CT molecular complexity index is 2300. The van der Waals surface area contributed by atoms with Crippen molar-refractivity contribution in [1.82, 2.24) is 25.6 Å². The van der Waals surface area contributed by atoms with E-state index in [4.69, 9.17) is 21.1 Å². The summed E-state index contributed by atoms with van der Waals surface area (Å²) >= 11 is 6.35. The first kappa shape index (κ1) is 35.5. The smallest absolute Gasteiger partial charge is 0.310 e. The van der Waals surface area contributed by atoms with Crippen molar-refractivity contribution in [2.24, 2.45) is 0 Å². The Balaban J connectivity index is 1.00. The molecule has 14 nitrogen and oxygen atoms in total. The van der Waals surface area contributed by atoms with Crippen LogP contribution in [0.5, 0.6) is 11.6 Å². The zero-order valence-corrected chi connectivity index (χ0v) is 29.0. The molecular weight excluding hydrogens is 710 g/mol. The summed E-state index contributed by atoms with van der Waals surface area (Å²) in [5, 5.41) is 15.8. The highest BCUT2D eigenvalue weighted by Crippen LogP contribution is 2.30. The molecule has 0 spiro atoms. The van der Waals surface area contributed by atoms with Crippen LogP contribution in [0.2, 0.25) is 5.02 Å². The van der Waals surface area contributed by atoms with E-state index in [2.05, 4.69) is 40.9 Å². The van der Waals surface area contributed by atoms with Crippen LogP contribution in [0.15, 0.2) is 124 Å². The van der Waals surface area contributed by atoms with Crippen LogP contribution >= 0.6 is 11.6 Å². The number of benzene rings is 4. The number of amides is 1. The van der Waals surface area contributed by atoms with E-state index in [0.29, 0.717) is 40.5 Å². The number of halogens is 1. The summed E-state index contributed by atoms with van der Waals surface area (Å²) in [6.07, 6.45) is 1.91.